The van der Waals surface area contributed by atoms with Crippen molar-refractivity contribution in [2.45, 2.75) is 26.7 Å². The van der Waals surface area contributed by atoms with Crippen molar-refractivity contribution >= 4 is 19.7 Å². The molecule has 0 aromatic heterocycles. The number of benzene rings is 1. The highest BCUT2D eigenvalue weighted by Gasteiger charge is 2.37. The van der Waals surface area contributed by atoms with Gasteiger partial charge in [0.15, 0.2) is 0 Å². The highest BCUT2D eigenvalue weighted by molar-refractivity contribution is 8.13. The van der Waals surface area contributed by atoms with Crippen LogP contribution in [0.2, 0.25) is 0 Å². The Bertz CT molecular complexity index is 592. The number of hydrogen-bond donors (Lipinski definition) is 0. The first-order valence-corrected chi connectivity index (χ1v) is 9.48. The predicted octanol–water partition coefficient (Wildman–Crippen LogP) is 3.05. The van der Waals surface area contributed by atoms with Gasteiger partial charge in [-0.25, -0.2) is 8.42 Å². The molecule has 0 N–H and O–H groups in total. The second kappa shape index (κ2) is 6.55. The monoisotopic (exact) mass is 332 g/mol. The largest absolute Gasteiger partial charge is 0.493 e. The molecule has 1 aliphatic rings. The van der Waals surface area contributed by atoms with E-state index in [4.69, 9.17) is 20.2 Å². The van der Waals surface area contributed by atoms with Crippen LogP contribution in [-0.2, 0) is 13.8 Å². The molecule has 0 bridgehead atoms. The average molecular weight is 333 g/mol. The van der Waals surface area contributed by atoms with E-state index in [0.29, 0.717) is 32.7 Å². The molecule has 6 heteroatoms. The zero-order valence-electron chi connectivity index (χ0n) is 12.4. The molecule has 1 saturated heterocycles. The van der Waals surface area contributed by atoms with Crippen LogP contribution in [0.4, 0.5) is 0 Å². The first-order chi connectivity index (χ1) is 9.80. The van der Waals surface area contributed by atoms with Crippen molar-refractivity contribution in [1.82, 2.24) is 0 Å². The minimum Gasteiger partial charge on any atom is -0.493 e. The Hall–Kier alpha value is -0.780. The fraction of sp³-hybridized carbons (Fsp3) is 0.600. The minimum atomic E-state index is -3.57. The van der Waals surface area contributed by atoms with Crippen molar-refractivity contribution in [3.63, 3.8) is 0 Å². The van der Waals surface area contributed by atoms with Gasteiger partial charge in [-0.3, -0.25) is 0 Å². The van der Waals surface area contributed by atoms with Crippen LogP contribution in [0.3, 0.4) is 0 Å². The highest BCUT2D eigenvalue weighted by atomic mass is 35.7. The molecule has 0 spiro atoms. The van der Waals surface area contributed by atoms with Gasteiger partial charge >= 0.3 is 0 Å². The van der Waals surface area contributed by atoms with E-state index >= 15 is 0 Å². The Morgan fingerprint density at radius 3 is 2.57 bits per heavy atom. The van der Waals surface area contributed by atoms with Gasteiger partial charge < -0.3 is 9.47 Å². The van der Waals surface area contributed by atoms with Crippen LogP contribution in [0, 0.1) is 19.3 Å². The van der Waals surface area contributed by atoms with Crippen LogP contribution in [-0.4, -0.2) is 34.0 Å². The summed E-state index contributed by atoms with van der Waals surface area (Å²) in [7, 11) is 1.90. The molecule has 1 aromatic carbocycles. The molecular weight excluding hydrogens is 312 g/mol. The van der Waals surface area contributed by atoms with Gasteiger partial charge in [0.25, 0.3) is 0 Å². The lowest BCUT2D eigenvalue weighted by Gasteiger charge is -2.35. The van der Waals surface area contributed by atoms with Gasteiger partial charge in [0.2, 0.25) is 9.05 Å². The van der Waals surface area contributed by atoms with Gasteiger partial charge in [-0.05, 0) is 43.9 Å². The van der Waals surface area contributed by atoms with Crippen molar-refractivity contribution in [3.05, 3.63) is 29.3 Å². The smallest absolute Gasteiger partial charge is 0.233 e. The molecule has 21 heavy (non-hydrogen) atoms. The van der Waals surface area contributed by atoms with Crippen LogP contribution < -0.4 is 4.74 Å². The van der Waals surface area contributed by atoms with Gasteiger partial charge in [-0.1, -0.05) is 12.1 Å². The van der Waals surface area contributed by atoms with E-state index in [0.717, 1.165) is 16.9 Å². The maximum Gasteiger partial charge on any atom is 0.233 e. The molecule has 0 atom stereocenters. The second-order valence-corrected chi connectivity index (χ2v) is 8.63. The van der Waals surface area contributed by atoms with Gasteiger partial charge in [0, 0.05) is 29.3 Å². The van der Waals surface area contributed by atoms with E-state index in [9.17, 15) is 8.42 Å². The summed E-state index contributed by atoms with van der Waals surface area (Å²) in [5.74, 6) is 0.725. The molecule has 0 unspecified atom stereocenters. The zero-order chi connectivity index (χ0) is 15.5. The van der Waals surface area contributed by atoms with Crippen LogP contribution in [0.25, 0.3) is 0 Å². The van der Waals surface area contributed by atoms with Crippen molar-refractivity contribution < 1.29 is 17.9 Å². The van der Waals surface area contributed by atoms with Gasteiger partial charge in [0.1, 0.15) is 5.75 Å². The topological polar surface area (TPSA) is 52.6 Å². The average Bonchev–Trinajstić information content (AvgIpc) is 2.39. The number of ether oxygens (including phenoxy) is 2. The molecule has 1 aliphatic heterocycles. The quantitative estimate of drug-likeness (QED) is 0.778. The minimum absolute atomic E-state index is 0.0736. The molecule has 118 valence electrons. The van der Waals surface area contributed by atoms with E-state index < -0.39 is 14.5 Å². The zero-order valence-corrected chi connectivity index (χ0v) is 14.0. The summed E-state index contributed by atoms with van der Waals surface area (Å²) >= 11 is 0. The SMILES string of the molecule is Cc1ccc(C)c(OCC2(CS(=O)(=O)Cl)CCOCC2)c1. The molecule has 4 nitrogen and oxygen atoms in total. The van der Waals surface area contributed by atoms with E-state index in [1.165, 1.54) is 0 Å². The summed E-state index contributed by atoms with van der Waals surface area (Å²) in [6.07, 6.45) is 1.29. The van der Waals surface area contributed by atoms with E-state index in [-0.39, 0.29) is 5.75 Å². The maximum atomic E-state index is 11.5. The molecule has 0 aliphatic carbocycles. The summed E-state index contributed by atoms with van der Waals surface area (Å²) in [6, 6.07) is 5.99. The van der Waals surface area contributed by atoms with E-state index in [2.05, 4.69) is 0 Å². The summed E-state index contributed by atoms with van der Waals surface area (Å²) in [5, 5.41) is 0. The number of aryl methyl sites for hydroxylation is 2. The van der Waals surface area contributed by atoms with E-state index in [1.807, 2.05) is 32.0 Å². The molecule has 2 rings (SSSR count). The predicted molar refractivity (Wildman–Crippen MR) is 83.5 cm³/mol. The van der Waals surface area contributed by atoms with E-state index in [1.54, 1.807) is 0 Å². The first kappa shape index (κ1) is 16.6. The molecule has 1 fully saturated rings. The van der Waals surface area contributed by atoms with Crippen molar-refractivity contribution in [2.24, 2.45) is 5.41 Å². The van der Waals surface area contributed by atoms with Crippen molar-refractivity contribution in [3.8, 4) is 5.75 Å². The first-order valence-electron chi connectivity index (χ1n) is 7.00. The highest BCUT2D eigenvalue weighted by Crippen LogP contribution is 2.34. The maximum absolute atomic E-state index is 11.5. The normalized spacial score (nSPS) is 18.4. The fourth-order valence-corrected chi connectivity index (χ4v) is 4.39. The number of halogens is 1. The molecule has 1 aromatic rings. The Morgan fingerprint density at radius 2 is 1.95 bits per heavy atom. The van der Waals surface area contributed by atoms with Crippen LogP contribution >= 0.6 is 10.7 Å². The lowest BCUT2D eigenvalue weighted by atomic mass is 9.83. The molecule has 0 amide bonds. The summed E-state index contributed by atoms with van der Waals surface area (Å²) in [5.41, 5.74) is 1.69. The standard InChI is InChI=1S/C15H21ClO4S/c1-12-3-4-13(2)14(9-12)20-10-15(11-21(16,17)18)5-7-19-8-6-15/h3-4,9H,5-8,10-11H2,1-2H3. The molecule has 0 saturated carbocycles. The van der Waals surface area contributed by atoms with Crippen LogP contribution in [0.15, 0.2) is 18.2 Å². The number of hydrogen-bond acceptors (Lipinski definition) is 4. The molecule has 1 heterocycles. The lowest BCUT2D eigenvalue weighted by Crippen LogP contribution is -2.40. The van der Waals surface area contributed by atoms with Gasteiger partial charge in [-0.2, -0.15) is 0 Å². The van der Waals surface area contributed by atoms with Crippen LogP contribution in [0.5, 0.6) is 5.75 Å². The van der Waals surface area contributed by atoms with Gasteiger partial charge in [-0.15, -0.1) is 0 Å². The molecular formula is C15H21ClO4S. The second-order valence-electron chi connectivity index (χ2n) is 5.85. The third-order valence-electron chi connectivity index (χ3n) is 3.91. The molecule has 0 radical (unpaired) electrons. The van der Waals surface area contributed by atoms with Crippen molar-refractivity contribution in [1.29, 1.82) is 0 Å². The Labute approximate surface area is 130 Å². The Morgan fingerprint density at radius 1 is 1.29 bits per heavy atom. The Balaban J connectivity index is 2.14. The Kier molecular flexibility index (Phi) is 5.17. The summed E-state index contributed by atoms with van der Waals surface area (Å²) in [4.78, 5) is 0. The third kappa shape index (κ3) is 4.87. The van der Waals surface area contributed by atoms with Gasteiger partial charge in [0.05, 0.1) is 12.4 Å². The lowest BCUT2D eigenvalue weighted by molar-refractivity contribution is 0.00216. The summed E-state index contributed by atoms with van der Waals surface area (Å²) in [6.45, 7) is 5.40. The third-order valence-corrected chi connectivity index (χ3v) is 5.19. The van der Waals surface area contributed by atoms with Crippen LogP contribution in [0.1, 0.15) is 24.0 Å². The van der Waals surface area contributed by atoms with Crippen molar-refractivity contribution in [2.75, 3.05) is 25.6 Å². The fourth-order valence-electron chi connectivity index (χ4n) is 2.59. The summed E-state index contributed by atoms with van der Waals surface area (Å²) < 4.78 is 34.3. The number of rotatable bonds is 5.